The van der Waals surface area contributed by atoms with Gasteiger partial charge >= 0.3 is 0 Å². The van der Waals surface area contributed by atoms with Crippen LogP contribution in [0.1, 0.15) is 49.9 Å². The van der Waals surface area contributed by atoms with Gasteiger partial charge in [0.05, 0.1) is 22.1 Å². The predicted molar refractivity (Wildman–Crippen MR) is 115 cm³/mol. The fraction of sp³-hybridized carbons (Fsp3) is 0.333. The first-order valence-corrected chi connectivity index (χ1v) is 9.35. The first kappa shape index (κ1) is 19.5. The van der Waals surface area contributed by atoms with Crippen molar-refractivity contribution in [3.63, 3.8) is 0 Å². The highest BCUT2D eigenvalue weighted by molar-refractivity contribution is 7.79. The number of rotatable bonds is 8. The molecule has 2 nitrogen and oxygen atoms in total. The second kappa shape index (κ2) is 8.07. The minimum absolute atomic E-state index is 0.213. The zero-order valence-electron chi connectivity index (χ0n) is 15.3. The van der Waals surface area contributed by atoms with Crippen molar-refractivity contribution in [1.29, 1.82) is 0 Å². The molecule has 0 spiro atoms. The lowest BCUT2D eigenvalue weighted by atomic mass is 9.84. The first-order valence-electron chi connectivity index (χ1n) is 8.41. The Morgan fingerprint density at radius 3 is 1.44 bits per heavy atom. The quantitative estimate of drug-likeness (QED) is 0.649. The smallest absolute Gasteiger partial charge is 0.0621 e. The van der Waals surface area contributed by atoms with Gasteiger partial charge in [0.1, 0.15) is 0 Å². The fourth-order valence-electron chi connectivity index (χ4n) is 3.22. The van der Waals surface area contributed by atoms with Crippen LogP contribution in [0.15, 0.2) is 48.5 Å². The molecule has 0 aliphatic carbocycles. The van der Waals surface area contributed by atoms with E-state index in [9.17, 15) is 0 Å². The Kier molecular flexibility index (Phi) is 6.31. The molecular formula is C21H26N2S2. The Morgan fingerprint density at radius 2 is 1.08 bits per heavy atom. The van der Waals surface area contributed by atoms with Gasteiger partial charge in [0, 0.05) is 0 Å². The summed E-state index contributed by atoms with van der Waals surface area (Å²) in [5.74, 6) is 0. The summed E-state index contributed by atoms with van der Waals surface area (Å²) in [5, 5.41) is 6.58. The zero-order chi connectivity index (χ0) is 18.5. The van der Waals surface area contributed by atoms with Crippen LogP contribution in [-0.2, 0) is 17.5 Å². The number of benzene rings is 2. The van der Waals surface area contributed by atoms with Gasteiger partial charge in [-0.15, -0.1) is 0 Å². The van der Waals surface area contributed by atoms with Crippen LogP contribution in [-0.4, -0.2) is 11.0 Å². The van der Waals surface area contributed by atoms with E-state index in [0.717, 1.165) is 6.42 Å². The molecule has 0 bridgehead atoms. The van der Waals surface area contributed by atoms with Crippen molar-refractivity contribution < 1.29 is 0 Å². The van der Waals surface area contributed by atoms with Crippen molar-refractivity contribution in [2.75, 3.05) is 0 Å². The summed E-state index contributed by atoms with van der Waals surface area (Å²) in [6.07, 6.45) is 0.859. The van der Waals surface area contributed by atoms with E-state index >= 15 is 0 Å². The van der Waals surface area contributed by atoms with Crippen molar-refractivity contribution >= 4 is 35.4 Å². The highest BCUT2D eigenvalue weighted by Gasteiger charge is 2.25. The van der Waals surface area contributed by atoms with E-state index in [1.165, 1.54) is 22.3 Å². The maximum atomic E-state index is 5.01. The monoisotopic (exact) mass is 370 g/mol. The molecule has 0 saturated carbocycles. The molecule has 0 aliphatic rings. The van der Waals surface area contributed by atoms with Crippen molar-refractivity contribution in [2.45, 2.75) is 45.2 Å². The molecule has 0 heterocycles. The standard InChI is InChI=1S/C21H26N2S2/c1-20(2,22-14-24)18-11-7-5-9-16(18)13-17-10-6-8-12-19(17)21(3,4)23-15-25/h5-12,14-15H,13H2,1-4H3,(H,22,24)(H,23,25). The molecule has 2 rings (SSSR count). The molecule has 4 heteroatoms. The van der Waals surface area contributed by atoms with Crippen LogP contribution < -0.4 is 10.6 Å². The van der Waals surface area contributed by atoms with Crippen LogP contribution in [0.2, 0.25) is 0 Å². The van der Waals surface area contributed by atoms with Crippen LogP contribution in [0.25, 0.3) is 0 Å². The molecule has 0 fully saturated rings. The topological polar surface area (TPSA) is 24.1 Å². The third-order valence-corrected chi connectivity index (χ3v) is 4.84. The Bertz CT molecular complexity index is 688. The molecule has 0 aliphatic heterocycles. The summed E-state index contributed by atoms with van der Waals surface area (Å²) < 4.78 is 0. The van der Waals surface area contributed by atoms with E-state index in [-0.39, 0.29) is 11.1 Å². The summed E-state index contributed by atoms with van der Waals surface area (Å²) in [6.45, 7) is 8.60. The Hall–Kier alpha value is -1.78. The van der Waals surface area contributed by atoms with Crippen LogP contribution in [0.3, 0.4) is 0 Å². The van der Waals surface area contributed by atoms with Crippen molar-refractivity contribution in [2.24, 2.45) is 0 Å². The van der Waals surface area contributed by atoms with Crippen molar-refractivity contribution in [1.82, 2.24) is 10.6 Å². The van der Waals surface area contributed by atoms with E-state index in [0.29, 0.717) is 0 Å². The van der Waals surface area contributed by atoms with Gasteiger partial charge in [-0.2, -0.15) is 0 Å². The summed E-state index contributed by atoms with van der Waals surface area (Å²) in [7, 11) is 0. The minimum atomic E-state index is -0.213. The van der Waals surface area contributed by atoms with E-state index in [2.05, 4.69) is 86.9 Å². The molecule has 132 valence electrons. The van der Waals surface area contributed by atoms with Gasteiger partial charge in [-0.25, -0.2) is 0 Å². The zero-order valence-corrected chi connectivity index (χ0v) is 16.9. The van der Waals surface area contributed by atoms with Crippen LogP contribution in [0, 0.1) is 0 Å². The van der Waals surface area contributed by atoms with Gasteiger partial charge < -0.3 is 10.6 Å². The van der Waals surface area contributed by atoms with E-state index < -0.39 is 0 Å². The van der Waals surface area contributed by atoms with Crippen LogP contribution >= 0.6 is 24.4 Å². The minimum Gasteiger partial charge on any atom is -0.373 e. The summed E-state index contributed by atoms with van der Waals surface area (Å²) in [6, 6.07) is 17.1. The molecule has 0 radical (unpaired) electrons. The van der Waals surface area contributed by atoms with Gasteiger partial charge in [-0.05, 0) is 56.4 Å². The molecular weight excluding hydrogens is 344 g/mol. The SMILES string of the molecule is CC(C)(NC=S)c1ccccc1Cc1ccccc1C(C)(C)NC=S. The molecule has 2 N–H and O–H groups in total. The summed E-state index contributed by atoms with van der Waals surface area (Å²) in [4.78, 5) is 0. The predicted octanol–water partition coefficient (Wildman–Crippen LogP) is 4.84. The number of hydrogen-bond acceptors (Lipinski definition) is 2. The molecule has 0 unspecified atom stereocenters. The highest BCUT2D eigenvalue weighted by atomic mass is 32.1. The van der Waals surface area contributed by atoms with Crippen molar-refractivity contribution in [3.8, 4) is 0 Å². The second-order valence-electron chi connectivity index (χ2n) is 7.27. The molecule has 0 amide bonds. The lowest BCUT2D eigenvalue weighted by Gasteiger charge is -2.30. The molecule has 2 aromatic carbocycles. The van der Waals surface area contributed by atoms with Crippen LogP contribution in [0.4, 0.5) is 0 Å². The van der Waals surface area contributed by atoms with Crippen molar-refractivity contribution in [3.05, 3.63) is 70.8 Å². The van der Waals surface area contributed by atoms with Gasteiger partial charge in [-0.1, -0.05) is 73.0 Å². The largest absolute Gasteiger partial charge is 0.373 e. The molecule has 0 saturated heterocycles. The normalized spacial score (nSPS) is 11.7. The van der Waals surface area contributed by atoms with E-state index in [4.69, 9.17) is 24.4 Å². The number of thiocarbonyl (C=S) groups is 2. The second-order valence-corrected chi connectivity index (χ2v) is 7.74. The summed E-state index contributed by atoms with van der Waals surface area (Å²) in [5.41, 5.74) is 7.86. The maximum absolute atomic E-state index is 5.01. The van der Waals surface area contributed by atoms with Gasteiger partial charge in [-0.3, -0.25) is 0 Å². The maximum Gasteiger partial charge on any atom is 0.0621 e. The third-order valence-electron chi connectivity index (χ3n) is 4.60. The molecule has 2 aromatic rings. The average molecular weight is 371 g/mol. The fourth-order valence-corrected chi connectivity index (χ4v) is 3.81. The molecule has 25 heavy (non-hydrogen) atoms. The molecule has 0 atom stereocenters. The lowest BCUT2D eigenvalue weighted by Crippen LogP contribution is -2.36. The van der Waals surface area contributed by atoms with E-state index in [1.54, 1.807) is 11.0 Å². The Morgan fingerprint density at radius 1 is 0.720 bits per heavy atom. The Balaban J connectivity index is 2.46. The van der Waals surface area contributed by atoms with Gasteiger partial charge in [0.25, 0.3) is 0 Å². The summed E-state index contributed by atoms with van der Waals surface area (Å²) >= 11 is 10.0. The number of hydrogen-bond donors (Lipinski definition) is 2. The van der Waals surface area contributed by atoms with Crippen LogP contribution in [0.5, 0.6) is 0 Å². The van der Waals surface area contributed by atoms with E-state index in [1.807, 2.05) is 0 Å². The lowest BCUT2D eigenvalue weighted by molar-refractivity contribution is 0.486. The highest BCUT2D eigenvalue weighted by Crippen LogP contribution is 2.29. The first-order chi connectivity index (χ1) is 11.8. The number of nitrogens with one attached hydrogen (secondary N) is 2. The van der Waals surface area contributed by atoms with Gasteiger partial charge in [0.15, 0.2) is 0 Å². The third kappa shape index (κ3) is 4.65. The molecule has 0 aromatic heterocycles. The Labute approximate surface area is 162 Å². The average Bonchev–Trinajstić information content (AvgIpc) is 2.55. The van der Waals surface area contributed by atoms with Gasteiger partial charge in [0.2, 0.25) is 0 Å².